The van der Waals surface area contributed by atoms with Crippen LogP contribution in [0.25, 0.3) is 0 Å². The maximum absolute atomic E-state index is 8.88. The molecule has 2 nitrogen and oxygen atoms in total. The number of hydrogen-bond donors (Lipinski definition) is 1. The summed E-state index contributed by atoms with van der Waals surface area (Å²) in [4.78, 5) is 0. The Bertz CT molecular complexity index is 416. The molecule has 3 heteroatoms. The van der Waals surface area contributed by atoms with Crippen molar-refractivity contribution in [3.63, 3.8) is 0 Å². The highest BCUT2D eigenvalue weighted by atomic mass is 79.9. The van der Waals surface area contributed by atoms with Crippen LogP contribution < -0.4 is 5.73 Å². The zero-order valence-corrected chi connectivity index (χ0v) is 10.0. The van der Waals surface area contributed by atoms with E-state index in [-0.39, 0.29) is 5.41 Å². The van der Waals surface area contributed by atoms with E-state index >= 15 is 0 Å². The number of nitrogens with two attached hydrogens (primary N) is 1. The fraction of sp³-hybridized carbons (Fsp3) is 0.417. The third-order valence-electron chi connectivity index (χ3n) is 3.14. The first kappa shape index (κ1) is 10.7. The molecule has 1 aromatic carbocycles. The van der Waals surface area contributed by atoms with Gasteiger partial charge in [-0.2, -0.15) is 5.26 Å². The number of nitriles is 1. The van der Waals surface area contributed by atoms with Crippen LogP contribution in [-0.4, -0.2) is 6.54 Å². The molecule has 1 aliphatic carbocycles. The molecule has 1 fully saturated rings. The van der Waals surface area contributed by atoms with Gasteiger partial charge >= 0.3 is 0 Å². The average Bonchev–Trinajstić information content (AvgIpc) is 3.00. The van der Waals surface area contributed by atoms with Crippen LogP contribution in [0.3, 0.4) is 0 Å². The normalized spacial score (nSPS) is 17.1. The maximum atomic E-state index is 8.88. The molecule has 0 aliphatic heterocycles. The minimum absolute atomic E-state index is 0.250. The van der Waals surface area contributed by atoms with Gasteiger partial charge in [0.05, 0.1) is 11.6 Å². The van der Waals surface area contributed by atoms with Crippen molar-refractivity contribution in [2.75, 3.05) is 6.54 Å². The van der Waals surface area contributed by atoms with Crippen LogP contribution in [0.4, 0.5) is 0 Å². The molecule has 1 aliphatic rings. The summed E-state index contributed by atoms with van der Waals surface area (Å²) in [6, 6.07) is 7.98. The minimum Gasteiger partial charge on any atom is -0.330 e. The van der Waals surface area contributed by atoms with E-state index in [0.29, 0.717) is 6.54 Å². The Morgan fingerprint density at radius 2 is 2.20 bits per heavy atom. The molecule has 1 aromatic rings. The van der Waals surface area contributed by atoms with E-state index in [1.807, 2.05) is 18.2 Å². The van der Waals surface area contributed by atoms with E-state index in [1.165, 1.54) is 18.4 Å². The molecular weight excluding hydrogens is 252 g/mol. The molecule has 2 N–H and O–H groups in total. The Hall–Kier alpha value is -0.850. The van der Waals surface area contributed by atoms with Crippen LogP contribution >= 0.6 is 15.9 Å². The predicted octanol–water partition coefficient (Wildman–Crippen LogP) is 2.70. The summed E-state index contributed by atoms with van der Waals surface area (Å²) in [5, 5.41) is 8.88. The summed E-state index contributed by atoms with van der Waals surface area (Å²) in [7, 11) is 0. The molecule has 2 rings (SSSR count). The van der Waals surface area contributed by atoms with E-state index in [0.717, 1.165) is 16.5 Å². The first-order chi connectivity index (χ1) is 7.22. The monoisotopic (exact) mass is 264 g/mol. The van der Waals surface area contributed by atoms with Crippen molar-refractivity contribution in [3.8, 4) is 6.07 Å². The average molecular weight is 265 g/mol. The van der Waals surface area contributed by atoms with Gasteiger partial charge in [0.15, 0.2) is 0 Å². The highest BCUT2D eigenvalue weighted by Crippen LogP contribution is 2.52. The SMILES string of the molecule is N#Cc1ccc(Br)c(C2(CCN)CC2)c1. The molecule has 0 radical (unpaired) electrons. The lowest BCUT2D eigenvalue weighted by Gasteiger charge is -2.16. The van der Waals surface area contributed by atoms with Gasteiger partial charge in [-0.05, 0) is 55.0 Å². The Balaban J connectivity index is 2.39. The topological polar surface area (TPSA) is 49.8 Å². The molecule has 78 valence electrons. The van der Waals surface area contributed by atoms with Gasteiger partial charge in [0.1, 0.15) is 0 Å². The van der Waals surface area contributed by atoms with Gasteiger partial charge in [0.2, 0.25) is 0 Å². The molecule has 15 heavy (non-hydrogen) atoms. The Labute approximate surface area is 98.2 Å². The summed E-state index contributed by atoms with van der Waals surface area (Å²) in [5.74, 6) is 0. The lowest BCUT2D eigenvalue weighted by atomic mass is 9.91. The number of nitrogens with zero attached hydrogens (tertiary/aromatic N) is 1. The van der Waals surface area contributed by atoms with Crippen LogP contribution in [0.1, 0.15) is 30.4 Å². The van der Waals surface area contributed by atoms with Gasteiger partial charge in [-0.25, -0.2) is 0 Å². The second-order valence-electron chi connectivity index (χ2n) is 4.13. The molecule has 0 unspecified atom stereocenters. The zero-order valence-electron chi connectivity index (χ0n) is 8.46. The van der Waals surface area contributed by atoms with Crippen LogP contribution in [-0.2, 0) is 5.41 Å². The Morgan fingerprint density at radius 3 is 2.73 bits per heavy atom. The highest BCUT2D eigenvalue weighted by molar-refractivity contribution is 9.10. The van der Waals surface area contributed by atoms with Gasteiger partial charge in [-0.15, -0.1) is 0 Å². The van der Waals surface area contributed by atoms with Crippen molar-refractivity contribution in [2.45, 2.75) is 24.7 Å². The van der Waals surface area contributed by atoms with Crippen LogP contribution in [0.15, 0.2) is 22.7 Å². The second kappa shape index (κ2) is 3.96. The Kier molecular flexibility index (Phi) is 2.81. The lowest BCUT2D eigenvalue weighted by molar-refractivity contribution is 0.626. The first-order valence-corrected chi connectivity index (χ1v) is 5.91. The third-order valence-corrected chi connectivity index (χ3v) is 3.83. The summed E-state index contributed by atoms with van der Waals surface area (Å²) >= 11 is 3.56. The summed E-state index contributed by atoms with van der Waals surface area (Å²) in [5.41, 5.74) is 7.87. The smallest absolute Gasteiger partial charge is 0.0991 e. The number of rotatable bonds is 3. The van der Waals surface area contributed by atoms with E-state index in [1.54, 1.807) is 0 Å². The molecule has 0 heterocycles. The van der Waals surface area contributed by atoms with Crippen molar-refractivity contribution >= 4 is 15.9 Å². The maximum Gasteiger partial charge on any atom is 0.0991 e. The largest absolute Gasteiger partial charge is 0.330 e. The van der Waals surface area contributed by atoms with Gasteiger partial charge in [0.25, 0.3) is 0 Å². The van der Waals surface area contributed by atoms with E-state index in [2.05, 4.69) is 22.0 Å². The molecule has 0 amide bonds. The molecule has 0 bridgehead atoms. The van der Waals surface area contributed by atoms with E-state index in [4.69, 9.17) is 11.0 Å². The van der Waals surface area contributed by atoms with Crippen LogP contribution in [0.2, 0.25) is 0 Å². The Morgan fingerprint density at radius 1 is 1.47 bits per heavy atom. The van der Waals surface area contributed by atoms with E-state index in [9.17, 15) is 0 Å². The quantitative estimate of drug-likeness (QED) is 0.913. The molecule has 0 atom stereocenters. The number of halogens is 1. The number of hydrogen-bond acceptors (Lipinski definition) is 2. The van der Waals surface area contributed by atoms with Crippen molar-refractivity contribution < 1.29 is 0 Å². The van der Waals surface area contributed by atoms with Crippen molar-refractivity contribution in [1.29, 1.82) is 5.26 Å². The molecule has 0 spiro atoms. The third kappa shape index (κ3) is 1.92. The molecular formula is C12H13BrN2. The zero-order chi connectivity index (χ0) is 10.9. The lowest BCUT2D eigenvalue weighted by Crippen LogP contribution is -2.14. The van der Waals surface area contributed by atoms with Crippen molar-refractivity contribution in [2.24, 2.45) is 5.73 Å². The van der Waals surface area contributed by atoms with Gasteiger partial charge in [0, 0.05) is 4.47 Å². The second-order valence-corrected chi connectivity index (χ2v) is 4.98. The highest BCUT2D eigenvalue weighted by Gasteiger charge is 2.44. The van der Waals surface area contributed by atoms with Crippen LogP contribution in [0, 0.1) is 11.3 Å². The molecule has 0 saturated heterocycles. The summed E-state index contributed by atoms with van der Waals surface area (Å²) in [6.07, 6.45) is 3.40. The molecule has 1 saturated carbocycles. The minimum atomic E-state index is 0.250. The van der Waals surface area contributed by atoms with Gasteiger partial charge < -0.3 is 5.73 Å². The standard InChI is InChI=1S/C12H13BrN2/c13-11-2-1-9(8-15)7-10(11)12(3-4-12)5-6-14/h1-2,7H,3-6,14H2. The molecule has 0 aromatic heterocycles. The van der Waals surface area contributed by atoms with Crippen LogP contribution in [0.5, 0.6) is 0 Å². The first-order valence-electron chi connectivity index (χ1n) is 5.12. The van der Waals surface area contributed by atoms with Crippen molar-refractivity contribution in [1.82, 2.24) is 0 Å². The van der Waals surface area contributed by atoms with E-state index < -0.39 is 0 Å². The van der Waals surface area contributed by atoms with Gasteiger partial charge in [-0.1, -0.05) is 15.9 Å². The summed E-state index contributed by atoms with van der Waals surface area (Å²) in [6.45, 7) is 0.712. The fourth-order valence-electron chi connectivity index (χ4n) is 2.08. The fourth-order valence-corrected chi connectivity index (χ4v) is 2.75. The van der Waals surface area contributed by atoms with Crippen molar-refractivity contribution in [3.05, 3.63) is 33.8 Å². The predicted molar refractivity (Wildman–Crippen MR) is 63.4 cm³/mol. The number of benzene rings is 1. The van der Waals surface area contributed by atoms with Gasteiger partial charge in [-0.3, -0.25) is 0 Å². The summed E-state index contributed by atoms with van der Waals surface area (Å²) < 4.78 is 1.10.